The Morgan fingerprint density at radius 3 is 2.45 bits per heavy atom. The Morgan fingerprint density at radius 1 is 1.23 bits per heavy atom. The molecule has 1 amide bonds. The molecule has 6 N–H and O–H groups in total. The van der Waals surface area contributed by atoms with Crippen LogP contribution in [0.4, 0.5) is 0 Å². The molecule has 0 saturated heterocycles. The summed E-state index contributed by atoms with van der Waals surface area (Å²) >= 11 is 3.39. The van der Waals surface area contributed by atoms with Gasteiger partial charge in [0.1, 0.15) is 22.8 Å². The lowest BCUT2D eigenvalue weighted by molar-refractivity contribution is -0.153. The molecular formula is C21H21BrN2O7. The molecule has 4 rings (SSSR count). The Balaban J connectivity index is 1.99. The number of halogens is 1. The second kappa shape index (κ2) is 6.91. The average Bonchev–Trinajstić information content (AvgIpc) is 2.67. The molecule has 4 atom stereocenters. The molecular weight excluding hydrogens is 472 g/mol. The first kappa shape index (κ1) is 21.5. The number of benzene rings is 1. The molecule has 0 radical (unpaired) electrons. The number of fused-ring (bicyclic) bond motifs is 3. The van der Waals surface area contributed by atoms with Crippen LogP contribution >= 0.6 is 15.9 Å². The van der Waals surface area contributed by atoms with Gasteiger partial charge >= 0.3 is 0 Å². The van der Waals surface area contributed by atoms with Gasteiger partial charge in [-0.3, -0.25) is 19.3 Å². The minimum absolute atomic E-state index is 0.0608. The van der Waals surface area contributed by atoms with Gasteiger partial charge in [0.25, 0.3) is 5.91 Å². The molecule has 0 aliphatic heterocycles. The molecule has 9 nitrogen and oxygen atoms in total. The minimum atomic E-state index is -2.62. The van der Waals surface area contributed by atoms with Crippen LogP contribution in [0.5, 0.6) is 5.75 Å². The second-order valence-corrected chi connectivity index (χ2v) is 9.24. The van der Waals surface area contributed by atoms with Crippen molar-refractivity contribution < 1.29 is 34.8 Å². The Bertz CT molecular complexity index is 1120. The van der Waals surface area contributed by atoms with Crippen molar-refractivity contribution >= 4 is 39.2 Å². The van der Waals surface area contributed by atoms with E-state index >= 15 is 0 Å². The largest absolute Gasteiger partial charge is 0.508 e. The van der Waals surface area contributed by atoms with Crippen LogP contribution in [0, 0.1) is 11.8 Å². The van der Waals surface area contributed by atoms with Gasteiger partial charge in [0.15, 0.2) is 11.4 Å². The van der Waals surface area contributed by atoms with Crippen LogP contribution in [0.1, 0.15) is 17.5 Å². The van der Waals surface area contributed by atoms with Crippen LogP contribution < -0.4 is 5.73 Å². The number of aliphatic hydroxyl groups excluding tert-OH is 2. The monoisotopic (exact) mass is 492 g/mol. The van der Waals surface area contributed by atoms with E-state index in [4.69, 9.17) is 5.73 Å². The summed E-state index contributed by atoms with van der Waals surface area (Å²) < 4.78 is 0.627. The number of phenols is 1. The minimum Gasteiger partial charge on any atom is -0.508 e. The molecule has 31 heavy (non-hydrogen) atoms. The first-order valence-electron chi connectivity index (χ1n) is 9.58. The van der Waals surface area contributed by atoms with E-state index < -0.39 is 58.0 Å². The summed E-state index contributed by atoms with van der Waals surface area (Å²) in [5, 5.41) is 43.4. The number of nitrogens with two attached hydrogens (primary N) is 1. The van der Waals surface area contributed by atoms with Gasteiger partial charge in [-0.15, -0.1) is 0 Å². The van der Waals surface area contributed by atoms with Gasteiger partial charge in [-0.1, -0.05) is 15.9 Å². The molecule has 1 aromatic carbocycles. The Hall–Kier alpha value is -2.69. The van der Waals surface area contributed by atoms with E-state index in [9.17, 15) is 34.8 Å². The number of rotatable bonds is 2. The fraction of sp³-hybridized carbons (Fsp3) is 0.381. The third kappa shape index (κ3) is 2.71. The maximum Gasteiger partial charge on any atom is 0.255 e. The summed E-state index contributed by atoms with van der Waals surface area (Å²) in [6, 6.07) is 1.88. The van der Waals surface area contributed by atoms with Gasteiger partial charge in [-0.05, 0) is 50.6 Å². The number of carbonyl (C=O) groups is 3. The van der Waals surface area contributed by atoms with Crippen LogP contribution in [-0.4, -0.2) is 68.5 Å². The maximum atomic E-state index is 13.5. The number of aliphatic hydroxyl groups is 3. The zero-order valence-electron chi connectivity index (χ0n) is 16.7. The first-order chi connectivity index (χ1) is 14.4. The van der Waals surface area contributed by atoms with Gasteiger partial charge in [0.05, 0.1) is 11.6 Å². The Labute approximate surface area is 185 Å². The Morgan fingerprint density at radius 2 is 1.87 bits per heavy atom. The summed E-state index contributed by atoms with van der Waals surface area (Å²) in [4.78, 5) is 39.9. The smallest absolute Gasteiger partial charge is 0.255 e. The van der Waals surface area contributed by atoms with Crippen LogP contribution in [-0.2, 0) is 20.8 Å². The number of hydrogen-bond acceptors (Lipinski definition) is 8. The highest BCUT2D eigenvalue weighted by Crippen LogP contribution is 2.53. The van der Waals surface area contributed by atoms with E-state index in [-0.39, 0.29) is 29.7 Å². The zero-order valence-corrected chi connectivity index (χ0v) is 18.3. The number of phenolic OH excluding ortho intramolecular Hbond substituents is 1. The summed E-state index contributed by atoms with van der Waals surface area (Å²) in [5.74, 6) is -6.56. The van der Waals surface area contributed by atoms with Crippen molar-refractivity contribution in [3.8, 4) is 5.75 Å². The van der Waals surface area contributed by atoms with Crippen molar-refractivity contribution in [3.05, 3.63) is 44.6 Å². The number of aromatic hydroxyl groups is 1. The Kier molecular flexibility index (Phi) is 4.80. The topological polar surface area (TPSA) is 161 Å². The van der Waals surface area contributed by atoms with Crippen molar-refractivity contribution in [2.75, 3.05) is 14.1 Å². The van der Waals surface area contributed by atoms with E-state index in [0.717, 1.165) is 0 Å². The van der Waals surface area contributed by atoms with E-state index in [1.165, 1.54) is 11.0 Å². The van der Waals surface area contributed by atoms with Gasteiger partial charge < -0.3 is 26.2 Å². The average molecular weight is 493 g/mol. The normalized spacial score (nSPS) is 30.3. The molecule has 10 heteroatoms. The zero-order chi connectivity index (χ0) is 23.0. The van der Waals surface area contributed by atoms with Crippen molar-refractivity contribution in [2.24, 2.45) is 17.6 Å². The predicted octanol–water partition coefficient (Wildman–Crippen LogP) is 0.727. The molecule has 164 valence electrons. The van der Waals surface area contributed by atoms with Crippen molar-refractivity contribution in [1.29, 1.82) is 0 Å². The molecule has 1 aromatic rings. The number of nitrogens with zero attached hydrogens (tertiary/aromatic N) is 1. The van der Waals surface area contributed by atoms with E-state index in [1.807, 2.05) is 0 Å². The summed E-state index contributed by atoms with van der Waals surface area (Å²) in [7, 11) is 3.12. The third-order valence-electron chi connectivity index (χ3n) is 6.55. The van der Waals surface area contributed by atoms with E-state index in [1.54, 1.807) is 20.2 Å². The van der Waals surface area contributed by atoms with Crippen molar-refractivity contribution in [2.45, 2.75) is 24.5 Å². The molecule has 1 fully saturated rings. The lowest BCUT2D eigenvalue weighted by atomic mass is 9.57. The lowest BCUT2D eigenvalue weighted by Crippen LogP contribution is -2.65. The summed E-state index contributed by atoms with van der Waals surface area (Å²) in [5.41, 5.74) is 2.32. The van der Waals surface area contributed by atoms with E-state index in [0.29, 0.717) is 10.0 Å². The number of primary amides is 1. The van der Waals surface area contributed by atoms with Gasteiger partial charge in [-0.2, -0.15) is 0 Å². The van der Waals surface area contributed by atoms with Gasteiger partial charge in [0.2, 0.25) is 5.78 Å². The van der Waals surface area contributed by atoms with Crippen LogP contribution in [0.15, 0.2) is 33.5 Å². The van der Waals surface area contributed by atoms with E-state index in [2.05, 4.69) is 15.9 Å². The van der Waals surface area contributed by atoms with Crippen LogP contribution in [0.3, 0.4) is 0 Å². The maximum absolute atomic E-state index is 13.5. The standard InChI is InChI=1S/C21H21BrN2O7/c1-24(2)15-9-6-7-5-8-10(22)3-4-11(25)13(8)16(26)12(7)18(28)21(9,31)19(29)14(17(15)27)20(23)30/h3-4,7,9,15,25-26,29,31H,5-6H2,1-2H3,(H2,23,30)/t7-,9-,15-,21-/m0/s1. The third-order valence-corrected chi connectivity index (χ3v) is 7.29. The first-order valence-corrected chi connectivity index (χ1v) is 10.4. The highest BCUT2D eigenvalue weighted by molar-refractivity contribution is 9.10. The second-order valence-electron chi connectivity index (χ2n) is 8.38. The van der Waals surface area contributed by atoms with Gasteiger partial charge in [0, 0.05) is 16.0 Å². The molecule has 0 spiro atoms. The van der Waals surface area contributed by atoms with Crippen molar-refractivity contribution in [3.63, 3.8) is 0 Å². The lowest BCUT2D eigenvalue weighted by Gasteiger charge is -2.50. The molecule has 0 aromatic heterocycles. The number of ketones is 2. The molecule has 3 aliphatic rings. The molecule has 3 aliphatic carbocycles. The predicted molar refractivity (Wildman–Crippen MR) is 112 cm³/mol. The summed E-state index contributed by atoms with van der Waals surface area (Å²) in [6.07, 6.45) is 0.317. The fourth-order valence-corrected chi connectivity index (χ4v) is 5.70. The number of amides is 1. The number of likely N-dealkylation sites (N-methyl/N-ethyl adjacent to an activating group) is 1. The molecule has 0 bridgehead atoms. The number of hydrogen-bond donors (Lipinski definition) is 5. The van der Waals surface area contributed by atoms with Crippen LogP contribution in [0.2, 0.25) is 0 Å². The van der Waals surface area contributed by atoms with Crippen LogP contribution in [0.25, 0.3) is 5.76 Å². The highest BCUT2D eigenvalue weighted by Gasteiger charge is 2.64. The highest BCUT2D eigenvalue weighted by atomic mass is 79.9. The quantitative estimate of drug-likeness (QED) is 0.377. The molecule has 0 heterocycles. The summed E-state index contributed by atoms with van der Waals surface area (Å²) in [6.45, 7) is 0. The van der Waals surface area contributed by atoms with Crippen molar-refractivity contribution in [1.82, 2.24) is 4.90 Å². The number of carbonyl (C=O) groups excluding carboxylic acids is 3. The SMILES string of the molecule is CN(C)[C@@H]1C(=O)C(C(N)=O)=C(O)[C@@]2(O)C(=O)C3=C(O)c4c(O)ccc(Br)c4C[C@H]3C[C@@H]12. The fourth-order valence-electron chi connectivity index (χ4n) is 5.21. The molecule has 1 saturated carbocycles. The molecule has 0 unspecified atom stereocenters. The van der Waals surface area contributed by atoms with Gasteiger partial charge in [-0.25, -0.2) is 0 Å². The number of Topliss-reactive ketones (excluding diaryl/α,β-unsaturated/α-hetero) is 2.